The molecule has 0 bridgehead atoms. The minimum Gasteiger partial charge on any atom is -0.245 e. The molecule has 0 aromatic carbocycles. The van der Waals surface area contributed by atoms with Crippen molar-refractivity contribution in [1.82, 2.24) is 0 Å². The molecule has 0 saturated heterocycles. The molecule has 0 aliphatic rings. The van der Waals surface area contributed by atoms with Crippen LogP contribution in [0.4, 0.5) is 4.39 Å². The molecule has 0 nitrogen and oxygen atoms in total. The molecule has 0 aromatic rings. The summed E-state index contributed by atoms with van der Waals surface area (Å²) in [5.41, 5.74) is 0.420. The molecule has 0 aliphatic carbocycles. The summed E-state index contributed by atoms with van der Waals surface area (Å²) in [6.07, 6.45) is 9.01. The normalized spacial score (nSPS) is 13.6. The lowest BCUT2D eigenvalue weighted by Crippen LogP contribution is -2.13. The van der Waals surface area contributed by atoms with Crippen molar-refractivity contribution < 1.29 is 4.39 Å². The second-order valence-electron chi connectivity index (χ2n) is 5.93. The summed E-state index contributed by atoms with van der Waals surface area (Å²) in [5, 5.41) is 0. The highest BCUT2D eigenvalue weighted by Gasteiger charge is 2.16. The van der Waals surface area contributed by atoms with Crippen LogP contribution in [0.2, 0.25) is 0 Å². The van der Waals surface area contributed by atoms with Crippen LogP contribution in [0.3, 0.4) is 0 Å². The Morgan fingerprint density at radius 3 is 2.31 bits per heavy atom. The van der Waals surface area contributed by atoms with E-state index >= 15 is 0 Å². The van der Waals surface area contributed by atoms with Crippen LogP contribution in [0.25, 0.3) is 0 Å². The van der Waals surface area contributed by atoms with Gasteiger partial charge in [-0.25, -0.2) is 4.39 Å². The van der Waals surface area contributed by atoms with Gasteiger partial charge in [0.1, 0.15) is 5.67 Å². The number of alkyl halides is 1. The Morgan fingerprint density at radius 1 is 1.19 bits per heavy atom. The fourth-order valence-corrected chi connectivity index (χ4v) is 1.76. The molecule has 1 atom stereocenters. The van der Waals surface area contributed by atoms with Gasteiger partial charge in [0.2, 0.25) is 0 Å². The van der Waals surface area contributed by atoms with Gasteiger partial charge in [0.15, 0.2) is 0 Å². The summed E-state index contributed by atoms with van der Waals surface area (Å²) in [7, 11) is 0. The van der Waals surface area contributed by atoms with E-state index < -0.39 is 5.67 Å². The molecule has 0 aromatic heterocycles. The Hall–Kier alpha value is -0.330. The minimum atomic E-state index is -0.990. The van der Waals surface area contributed by atoms with Gasteiger partial charge in [0.25, 0.3) is 0 Å². The first-order chi connectivity index (χ1) is 7.31. The SMILES string of the molecule is CC(C)=CCCCCC(C)CCC(C)(C)F. The van der Waals surface area contributed by atoms with Crippen molar-refractivity contribution in [3.8, 4) is 0 Å². The highest BCUT2D eigenvalue weighted by atomic mass is 19.1. The molecule has 0 radical (unpaired) electrons. The van der Waals surface area contributed by atoms with Gasteiger partial charge in [0, 0.05) is 0 Å². The molecule has 0 saturated carbocycles. The first-order valence-electron chi connectivity index (χ1n) is 6.63. The number of halogens is 1. The van der Waals surface area contributed by atoms with Crippen molar-refractivity contribution in [3.63, 3.8) is 0 Å². The monoisotopic (exact) mass is 228 g/mol. The van der Waals surface area contributed by atoms with Gasteiger partial charge in [-0.1, -0.05) is 31.4 Å². The van der Waals surface area contributed by atoms with E-state index in [0.717, 1.165) is 6.42 Å². The van der Waals surface area contributed by atoms with E-state index in [4.69, 9.17) is 0 Å². The van der Waals surface area contributed by atoms with Crippen LogP contribution in [-0.2, 0) is 0 Å². The maximum atomic E-state index is 13.3. The predicted molar refractivity (Wildman–Crippen MR) is 71.5 cm³/mol. The summed E-state index contributed by atoms with van der Waals surface area (Å²) in [5.74, 6) is 0.668. The Morgan fingerprint density at radius 2 is 1.81 bits per heavy atom. The van der Waals surface area contributed by atoms with E-state index in [2.05, 4.69) is 26.8 Å². The van der Waals surface area contributed by atoms with Crippen molar-refractivity contribution in [1.29, 1.82) is 0 Å². The molecule has 0 fully saturated rings. The number of hydrogen-bond acceptors (Lipinski definition) is 0. The van der Waals surface area contributed by atoms with E-state index in [-0.39, 0.29) is 0 Å². The molecule has 1 unspecified atom stereocenters. The van der Waals surface area contributed by atoms with Gasteiger partial charge in [0.05, 0.1) is 0 Å². The Kier molecular flexibility index (Phi) is 7.70. The molecule has 0 spiro atoms. The molecular weight excluding hydrogens is 199 g/mol. The van der Waals surface area contributed by atoms with Crippen LogP contribution in [-0.4, -0.2) is 5.67 Å². The van der Waals surface area contributed by atoms with E-state index in [1.54, 1.807) is 13.8 Å². The zero-order valence-electron chi connectivity index (χ0n) is 11.8. The zero-order chi connectivity index (χ0) is 12.6. The van der Waals surface area contributed by atoms with Gasteiger partial charge in [-0.3, -0.25) is 0 Å². The van der Waals surface area contributed by atoms with Crippen molar-refractivity contribution >= 4 is 0 Å². The third-order valence-corrected chi connectivity index (χ3v) is 2.94. The summed E-state index contributed by atoms with van der Waals surface area (Å²) < 4.78 is 13.3. The van der Waals surface area contributed by atoms with Gasteiger partial charge >= 0.3 is 0 Å². The molecule has 0 aliphatic heterocycles. The fraction of sp³-hybridized carbons (Fsp3) is 0.867. The zero-order valence-corrected chi connectivity index (χ0v) is 11.8. The predicted octanol–water partition coefficient (Wildman–Crippen LogP) is 5.68. The molecule has 0 rings (SSSR count). The minimum absolute atomic E-state index is 0.668. The molecule has 96 valence electrons. The first kappa shape index (κ1) is 15.7. The van der Waals surface area contributed by atoms with Crippen LogP contribution in [0, 0.1) is 5.92 Å². The van der Waals surface area contributed by atoms with Crippen LogP contribution < -0.4 is 0 Å². The standard InChI is InChI=1S/C15H29F/c1-13(2)9-7-6-8-10-14(3)11-12-15(4,5)16/h9,14H,6-8,10-12H2,1-5H3. The van der Waals surface area contributed by atoms with Crippen LogP contribution in [0.5, 0.6) is 0 Å². The molecular formula is C15H29F. The molecule has 1 heteroatoms. The van der Waals surface area contributed by atoms with Crippen LogP contribution in [0.1, 0.15) is 73.1 Å². The Bertz CT molecular complexity index is 194. The maximum Gasteiger partial charge on any atom is 0.105 e. The second kappa shape index (κ2) is 7.86. The van der Waals surface area contributed by atoms with Crippen molar-refractivity contribution in [2.45, 2.75) is 78.8 Å². The summed E-state index contributed by atoms with van der Waals surface area (Å²) >= 11 is 0. The Balaban J connectivity index is 3.44. The number of rotatable bonds is 8. The smallest absolute Gasteiger partial charge is 0.105 e. The van der Waals surface area contributed by atoms with Gasteiger partial charge in [-0.15, -0.1) is 0 Å². The lowest BCUT2D eigenvalue weighted by molar-refractivity contribution is 0.185. The van der Waals surface area contributed by atoms with Crippen LogP contribution in [0.15, 0.2) is 11.6 Å². The molecule has 16 heavy (non-hydrogen) atoms. The number of allylic oxidation sites excluding steroid dienone is 2. The molecule has 0 heterocycles. The van der Waals surface area contributed by atoms with E-state index in [1.165, 1.54) is 31.3 Å². The molecule has 0 amide bonds. The van der Waals surface area contributed by atoms with Crippen molar-refractivity contribution in [2.24, 2.45) is 5.92 Å². The number of hydrogen-bond donors (Lipinski definition) is 0. The summed E-state index contributed by atoms with van der Waals surface area (Å²) in [6, 6.07) is 0. The summed E-state index contributed by atoms with van der Waals surface area (Å²) in [6.45, 7) is 9.88. The quantitative estimate of drug-likeness (QED) is 0.370. The number of unbranched alkanes of at least 4 members (excludes halogenated alkanes) is 2. The third kappa shape index (κ3) is 11.7. The first-order valence-corrected chi connectivity index (χ1v) is 6.63. The highest BCUT2D eigenvalue weighted by molar-refractivity contribution is 4.92. The Labute approximate surface area is 101 Å². The van der Waals surface area contributed by atoms with E-state index in [9.17, 15) is 4.39 Å². The van der Waals surface area contributed by atoms with Gasteiger partial charge in [-0.2, -0.15) is 0 Å². The average molecular weight is 228 g/mol. The van der Waals surface area contributed by atoms with Gasteiger partial charge in [-0.05, 0) is 59.3 Å². The van der Waals surface area contributed by atoms with Crippen LogP contribution >= 0.6 is 0 Å². The lowest BCUT2D eigenvalue weighted by Gasteiger charge is -2.17. The fourth-order valence-electron chi connectivity index (χ4n) is 1.76. The molecule has 0 N–H and O–H groups in total. The summed E-state index contributed by atoms with van der Waals surface area (Å²) in [4.78, 5) is 0. The maximum absolute atomic E-state index is 13.3. The van der Waals surface area contributed by atoms with E-state index in [0.29, 0.717) is 12.3 Å². The van der Waals surface area contributed by atoms with Crippen molar-refractivity contribution in [2.75, 3.05) is 0 Å². The highest BCUT2D eigenvalue weighted by Crippen LogP contribution is 2.22. The van der Waals surface area contributed by atoms with Crippen molar-refractivity contribution in [3.05, 3.63) is 11.6 Å². The lowest BCUT2D eigenvalue weighted by atomic mass is 9.93. The van der Waals surface area contributed by atoms with E-state index in [1.807, 2.05) is 0 Å². The topological polar surface area (TPSA) is 0 Å². The second-order valence-corrected chi connectivity index (χ2v) is 5.93. The largest absolute Gasteiger partial charge is 0.245 e. The average Bonchev–Trinajstić information content (AvgIpc) is 2.12. The van der Waals surface area contributed by atoms with Gasteiger partial charge < -0.3 is 0 Å². The third-order valence-electron chi connectivity index (χ3n) is 2.94.